The standard InChI is InChI=1S/C14H26S/c1-14(2,3)15-13-10-6-8-11-7-4-5-9-12(11)13/h11-13H,4-10H2,1-3H3. The summed E-state index contributed by atoms with van der Waals surface area (Å²) in [5.74, 6) is 2.16. The van der Waals surface area contributed by atoms with E-state index in [1.54, 1.807) is 0 Å². The number of hydrogen-bond acceptors (Lipinski definition) is 1. The summed E-state index contributed by atoms with van der Waals surface area (Å²) in [5, 5.41) is 0.976. The van der Waals surface area contributed by atoms with Gasteiger partial charge >= 0.3 is 0 Å². The zero-order valence-corrected chi connectivity index (χ0v) is 11.4. The van der Waals surface area contributed by atoms with Gasteiger partial charge < -0.3 is 0 Å². The second-order valence-electron chi connectivity index (χ2n) is 6.41. The van der Waals surface area contributed by atoms with E-state index in [2.05, 4.69) is 32.5 Å². The summed E-state index contributed by atoms with van der Waals surface area (Å²) in [6.45, 7) is 7.14. The number of thioether (sulfide) groups is 1. The summed E-state index contributed by atoms with van der Waals surface area (Å²) >= 11 is 2.26. The van der Waals surface area contributed by atoms with Gasteiger partial charge in [-0.15, -0.1) is 0 Å². The van der Waals surface area contributed by atoms with Crippen LogP contribution < -0.4 is 0 Å². The fourth-order valence-electron chi connectivity index (χ4n) is 3.48. The van der Waals surface area contributed by atoms with Gasteiger partial charge in [0.2, 0.25) is 0 Å². The van der Waals surface area contributed by atoms with E-state index in [1.807, 2.05) is 0 Å². The molecule has 3 unspecified atom stereocenters. The topological polar surface area (TPSA) is 0 Å². The van der Waals surface area contributed by atoms with Crippen molar-refractivity contribution in [2.24, 2.45) is 11.8 Å². The van der Waals surface area contributed by atoms with Crippen LogP contribution in [-0.2, 0) is 0 Å². The summed E-state index contributed by atoms with van der Waals surface area (Å²) < 4.78 is 0.462. The molecule has 0 aromatic rings. The molecule has 0 aliphatic heterocycles. The Morgan fingerprint density at radius 1 is 0.867 bits per heavy atom. The average molecular weight is 226 g/mol. The molecule has 2 rings (SSSR count). The lowest BCUT2D eigenvalue weighted by Crippen LogP contribution is -2.35. The highest BCUT2D eigenvalue weighted by molar-refractivity contribution is 8.01. The molecule has 15 heavy (non-hydrogen) atoms. The van der Waals surface area contributed by atoms with Gasteiger partial charge in [-0.25, -0.2) is 0 Å². The van der Waals surface area contributed by atoms with Gasteiger partial charge in [0.1, 0.15) is 0 Å². The van der Waals surface area contributed by atoms with E-state index in [9.17, 15) is 0 Å². The maximum absolute atomic E-state index is 2.38. The van der Waals surface area contributed by atoms with Crippen LogP contribution >= 0.6 is 11.8 Å². The van der Waals surface area contributed by atoms with Gasteiger partial charge in [-0.3, -0.25) is 0 Å². The van der Waals surface area contributed by atoms with Crippen LogP contribution in [0, 0.1) is 11.8 Å². The lowest BCUT2D eigenvalue weighted by atomic mass is 9.71. The molecule has 0 saturated heterocycles. The fourth-order valence-corrected chi connectivity index (χ4v) is 5.21. The number of rotatable bonds is 1. The minimum atomic E-state index is 0.462. The Morgan fingerprint density at radius 2 is 1.53 bits per heavy atom. The third-order valence-corrected chi connectivity index (χ3v) is 5.61. The van der Waals surface area contributed by atoms with Crippen LogP contribution in [0.15, 0.2) is 0 Å². The van der Waals surface area contributed by atoms with E-state index in [4.69, 9.17) is 0 Å². The van der Waals surface area contributed by atoms with Gasteiger partial charge in [0.15, 0.2) is 0 Å². The molecule has 0 aromatic carbocycles. The first kappa shape index (κ1) is 11.8. The fraction of sp³-hybridized carbons (Fsp3) is 1.00. The Labute approximate surface area is 99.6 Å². The molecule has 2 aliphatic carbocycles. The summed E-state index contributed by atoms with van der Waals surface area (Å²) in [7, 11) is 0. The summed E-state index contributed by atoms with van der Waals surface area (Å²) in [4.78, 5) is 0. The molecule has 0 amide bonds. The number of fused-ring (bicyclic) bond motifs is 1. The zero-order chi connectivity index (χ0) is 10.9. The predicted octanol–water partition coefficient (Wildman–Crippen LogP) is 4.88. The highest BCUT2D eigenvalue weighted by Crippen LogP contribution is 2.47. The summed E-state index contributed by atoms with van der Waals surface area (Å²) in [5.41, 5.74) is 0. The zero-order valence-electron chi connectivity index (χ0n) is 10.6. The second-order valence-corrected chi connectivity index (χ2v) is 8.47. The maximum Gasteiger partial charge on any atom is 0.00832 e. The molecule has 0 N–H and O–H groups in total. The van der Waals surface area contributed by atoms with Crippen LogP contribution in [-0.4, -0.2) is 10.00 Å². The van der Waals surface area contributed by atoms with Crippen molar-refractivity contribution in [2.45, 2.75) is 75.7 Å². The van der Waals surface area contributed by atoms with E-state index < -0.39 is 0 Å². The molecule has 0 spiro atoms. The van der Waals surface area contributed by atoms with E-state index in [-0.39, 0.29) is 0 Å². The Hall–Kier alpha value is 0.350. The smallest absolute Gasteiger partial charge is 0.00832 e. The van der Waals surface area contributed by atoms with Gasteiger partial charge in [-0.2, -0.15) is 11.8 Å². The van der Waals surface area contributed by atoms with Crippen LogP contribution in [0.25, 0.3) is 0 Å². The van der Waals surface area contributed by atoms with Crippen molar-refractivity contribution >= 4 is 11.8 Å². The maximum atomic E-state index is 2.38. The summed E-state index contributed by atoms with van der Waals surface area (Å²) in [6.07, 6.45) is 10.6. The van der Waals surface area contributed by atoms with Crippen molar-refractivity contribution in [3.63, 3.8) is 0 Å². The van der Waals surface area contributed by atoms with E-state index >= 15 is 0 Å². The molecule has 0 radical (unpaired) electrons. The van der Waals surface area contributed by atoms with Gasteiger partial charge in [0.05, 0.1) is 0 Å². The molecule has 1 heteroatoms. The number of hydrogen-bond donors (Lipinski definition) is 0. The lowest BCUT2D eigenvalue weighted by Gasteiger charge is -2.43. The molecule has 3 atom stereocenters. The lowest BCUT2D eigenvalue weighted by molar-refractivity contribution is 0.178. The van der Waals surface area contributed by atoms with Gasteiger partial charge in [0, 0.05) is 10.00 Å². The molecular formula is C14H26S. The molecule has 2 fully saturated rings. The Bertz CT molecular complexity index is 202. The Morgan fingerprint density at radius 3 is 2.27 bits per heavy atom. The molecular weight excluding hydrogens is 200 g/mol. The molecule has 88 valence electrons. The van der Waals surface area contributed by atoms with E-state index in [1.165, 1.54) is 44.9 Å². The summed E-state index contributed by atoms with van der Waals surface area (Å²) in [6, 6.07) is 0. The van der Waals surface area contributed by atoms with Gasteiger partial charge in [-0.1, -0.05) is 52.9 Å². The minimum Gasteiger partial charge on any atom is -0.152 e. The van der Waals surface area contributed by atoms with Crippen molar-refractivity contribution in [2.75, 3.05) is 0 Å². The Kier molecular flexibility index (Phi) is 3.70. The van der Waals surface area contributed by atoms with Gasteiger partial charge in [0.25, 0.3) is 0 Å². The molecule has 2 aliphatic rings. The average Bonchev–Trinajstić information content (AvgIpc) is 2.16. The van der Waals surface area contributed by atoms with E-state index in [0.29, 0.717) is 4.75 Å². The Balaban J connectivity index is 1.97. The predicted molar refractivity (Wildman–Crippen MR) is 70.4 cm³/mol. The second kappa shape index (κ2) is 4.69. The van der Waals surface area contributed by atoms with Crippen LogP contribution in [0.3, 0.4) is 0 Å². The highest BCUT2D eigenvalue weighted by atomic mass is 32.2. The quantitative estimate of drug-likeness (QED) is 0.614. The van der Waals surface area contributed by atoms with Crippen molar-refractivity contribution in [1.29, 1.82) is 0 Å². The van der Waals surface area contributed by atoms with Crippen molar-refractivity contribution < 1.29 is 0 Å². The normalized spacial score (nSPS) is 37.4. The first-order valence-corrected chi connectivity index (χ1v) is 7.62. The van der Waals surface area contributed by atoms with E-state index in [0.717, 1.165) is 17.1 Å². The largest absolute Gasteiger partial charge is 0.152 e. The SMILES string of the molecule is CC(C)(C)SC1CCCC2CCCCC21. The third-order valence-electron chi connectivity index (χ3n) is 4.01. The van der Waals surface area contributed by atoms with Crippen LogP contribution in [0.4, 0.5) is 0 Å². The van der Waals surface area contributed by atoms with Crippen molar-refractivity contribution in [3.05, 3.63) is 0 Å². The molecule has 0 nitrogen and oxygen atoms in total. The van der Waals surface area contributed by atoms with Gasteiger partial charge in [-0.05, 0) is 24.7 Å². The molecule has 0 heterocycles. The van der Waals surface area contributed by atoms with Crippen LogP contribution in [0.1, 0.15) is 65.7 Å². The van der Waals surface area contributed by atoms with Crippen molar-refractivity contribution in [1.82, 2.24) is 0 Å². The minimum absolute atomic E-state index is 0.462. The highest BCUT2D eigenvalue weighted by Gasteiger charge is 2.36. The monoisotopic (exact) mass is 226 g/mol. The van der Waals surface area contributed by atoms with Crippen LogP contribution in [0.2, 0.25) is 0 Å². The molecule has 0 aromatic heterocycles. The first-order chi connectivity index (χ1) is 7.06. The van der Waals surface area contributed by atoms with Crippen LogP contribution in [0.5, 0.6) is 0 Å². The third kappa shape index (κ3) is 3.15. The molecule has 2 saturated carbocycles. The first-order valence-electron chi connectivity index (χ1n) is 6.74. The van der Waals surface area contributed by atoms with Crippen molar-refractivity contribution in [3.8, 4) is 0 Å². The molecule has 0 bridgehead atoms.